The molecule has 1 aromatic carbocycles. The Balaban J connectivity index is 1.73. The molecule has 0 unspecified atom stereocenters. The third kappa shape index (κ3) is 4.05. The summed E-state index contributed by atoms with van der Waals surface area (Å²) in [4.78, 5) is 12.5. The smallest absolute Gasteiger partial charge is 0.252 e. The Kier molecular flexibility index (Phi) is 5.46. The van der Waals surface area contributed by atoms with Crippen molar-refractivity contribution in [2.75, 3.05) is 19.6 Å². The first kappa shape index (κ1) is 18.0. The lowest BCUT2D eigenvalue weighted by Crippen LogP contribution is -2.29. The molecular weight excluding hydrogens is 364 g/mol. The van der Waals surface area contributed by atoms with Crippen LogP contribution in [0.1, 0.15) is 29.0 Å². The second-order valence-electron chi connectivity index (χ2n) is 5.84. The highest BCUT2D eigenvalue weighted by molar-refractivity contribution is 7.89. The summed E-state index contributed by atoms with van der Waals surface area (Å²) in [6.07, 6.45) is 3.82. The number of amides is 1. The Morgan fingerprint density at radius 2 is 2.00 bits per heavy atom. The number of carbonyl (C=O) groups is 1. The summed E-state index contributed by atoms with van der Waals surface area (Å²) in [5.74, 6) is 0.354. The molecule has 1 amide bonds. The molecule has 0 atom stereocenters. The number of hydrogen-bond acceptors (Lipinski definition) is 4. The summed E-state index contributed by atoms with van der Waals surface area (Å²) in [7, 11) is -3.59. The number of rotatable bonds is 6. The number of nitrogens with one attached hydrogen (secondary N) is 1. The molecule has 1 fully saturated rings. The molecule has 6 nitrogen and oxygen atoms in total. The highest BCUT2D eigenvalue weighted by atomic mass is 35.5. The van der Waals surface area contributed by atoms with Crippen LogP contribution in [-0.4, -0.2) is 38.3 Å². The molecule has 2 aromatic rings. The predicted molar refractivity (Wildman–Crippen MR) is 94.2 cm³/mol. The summed E-state index contributed by atoms with van der Waals surface area (Å²) >= 11 is 6.09. The first-order chi connectivity index (χ1) is 12.0. The van der Waals surface area contributed by atoms with E-state index in [-0.39, 0.29) is 15.5 Å². The van der Waals surface area contributed by atoms with Gasteiger partial charge in [-0.3, -0.25) is 4.79 Å². The van der Waals surface area contributed by atoms with Crippen molar-refractivity contribution in [3.8, 4) is 0 Å². The van der Waals surface area contributed by atoms with Crippen molar-refractivity contribution in [1.82, 2.24) is 9.62 Å². The zero-order chi connectivity index (χ0) is 17.9. The third-order valence-corrected chi connectivity index (χ3v) is 6.35. The van der Waals surface area contributed by atoms with Gasteiger partial charge in [-0.15, -0.1) is 0 Å². The maximum absolute atomic E-state index is 12.6. The van der Waals surface area contributed by atoms with Gasteiger partial charge in [-0.05, 0) is 43.2 Å². The lowest BCUT2D eigenvalue weighted by Gasteiger charge is -2.16. The van der Waals surface area contributed by atoms with Crippen molar-refractivity contribution in [3.63, 3.8) is 0 Å². The summed E-state index contributed by atoms with van der Waals surface area (Å²) in [6, 6.07) is 7.84. The number of halogens is 1. The number of sulfonamides is 1. The van der Waals surface area contributed by atoms with Gasteiger partial charge in [0, 0.05) is 26.1 Å². The number of nitrogens with zero attached hydrogens (tertiary/aromatic N) is 1. The molecule has 1 saturated heterocycles. The van der Waals surface area contributed by atoms with Crippen LogP contribution >= 0.6 is 11.6 Å². The predicted octanol–water partition coefficient (Wildman–Crippen LogP) is 2.69. The first-order valence-electron chi connectivity index (χ1n) is 8.09. The molecule has 0 aliphatic carbocycles. The summed E-state index contributed by atoms with van der Waals surface area (Å²) in [5.41, 5.74) is 0.154. The molecule has 1 aliphatic heterocycles. The molecule has 8 heteroatoms. The average molecular weight is 383 g/mol. The van der Waals surface area contributed by atoms with E-state index in [4.69, 9.17) is 16.0 Å². The zero-order valence-corrected chi connectivity index (χ0v) is 15.1. The maximum atomic E-state index is 12.6. The fraction of sp³-hybridized carbons (Fsp3) is 0.353. The van der Waals surface area contributed by atoms with Crippen LogP contribution in [0, 0.1) is 0 Å². The van der Waals surface area contributed by atoms with Gasteiger partial charge >= 0.3 is 0 Å². The van der Waals surface area contributed by atoms with Crippen LogP contribution in [0.3, 0.4) is 0 Å². The standard InChI is InChI=1S/C17H19ClN2O4S/c18-16-6-5-14(25(22,23)20-9-1-2-10-20)12-15(16)17(21)19-8-7-13-4-3-11-24-13/h3-6,11-12H,1-2,7-10H2,(H,19,21). The van der Waals surface area contributed by atoms with Crippen LogP contribution < -0.4 is 5.32 Å². The van der Waals surface area contributed by atoms with Gasteiger partial charge in [-0.2, -0.15) is 4.31 Å². The lowest BCUT2D eigenvalue weighted by atomic mass is 10.2. The molecule has 0 spiro atoms. The van der Waals surface area contributed by atoms with E-state index in [1.54, 1.807) is 12.3 Å². The highest BCUT2D eigenvalue weighted by Gasteiger charge is 2.28. The Hall–Kier alpha value is -1.83. The summed E-state index contributed by atoms with van der Waals surface area (Å²) in [6.45, 7) is 1.39. The van der Waals surface area contributed by atoms with Crippen LogP contribution in [0.2, 0.25) is 5.02 Å². The Labute approximate surface area is 151 Å². The van der Waals surface area contributed by atoms with E-state index in [9.17, 15) is 13.2 Å². The van der Waals surface area contributed by atoms with Gasteiger partial charge in [-0.25, -0.2) is 8.42 Å². The van der Waals surface area contributed by atoms with Crippen LogP contribution in [-0.2, 0) is 16.4 Å². The lowest BCUT2D eigenvalue weighted by molar-refractivity contribution is 0.0953. The van der Waals surface area contributed by atoms with Crippen molar-refractivity contribution >= 4 is 27.5 Å². The quantitative estimate of drug-likeness (QED) is 0.833. The second-order valence-corrected chi connectivity index (χ2v) is 8.18. The molecule has 25 heavy (non-hydrogen) atoms. The van der Waals surface area contributed by atoms with Crippen LogP contribution in [0.5, 0.6) is 0 Å². The van der Waals surface area contributed by atoms with Crippen molar-refractivity contribution in [2.24, 2.45) is 0 Å². The van der Waals surface area contributed by atoms with E-state index in [0.717, 1.165) is 18.6 Å². The minimum atomic E-state index is -3.59. The van der Waals surface area contributed by atoms with E-state index >= 15 is 0 Å². The fourth-order valence-electron chi connectivity index (χ4n) is 2.77. The maximum Gasteiger partial charge on any atom is 0.252 e. The largest absolute Gasteiger partial charge is 0.469 e. The van der Waals surface area contributed by atoms with E-state index in [2.05, 4.69) is 5.32 Å². The van der Waals surface area contributed by atoms with E-state index in [0.29, 0.717) is 26.1 Å². The second kappa shape index (κ2) is 7.59. The van der Waals surface area contributed by atoms with Crippen molar-refractivity contribution in [3.05, 3.63) is 52.9 Å². The number of benzene rings is 1. The molecule has 2 heterocycles. The Bertz CT molecular complexity index is 844. The number of furan rings is 1. The highest BCUT2D eigenvalue weighted by Crippen LogP contribution is 2.25. The van der Waals surface area contributed by atoms with Gasteiger partial charge in [0.05, 0.1) is 21.7 Å². The topological polar surface area (TPSA) is 79.6 Å². The molecule has 0 bridgehead atoms. The number of hydrogen-bond donors (Lipinski definition) is 1. The monoisotopic (exact) mass is 382 g/mol. The molecular formula is C17H19ClN2O4S. The zero-order valence-electron chi connectivity index (χ0n) is 13.6. The van der Waals surface area contributed by atoms with Crippen LogP contribution in [0.4, 0.5) is 0 Å². The van der Waals surface area contributed by atoms with Gasteiger partial charge in [0.25, 0.3) is 5.91 Å². The van der Waals surface area contributed by atoms with Crippen molar-refractivity contribution < 1.29 is 17.6 Å². The molecule has 1 aromatic heterocycles. The summed E-state index contributed by atoms with van der Waals surface area (Å²) < 4.78 is 31.9. The minimum Gasteiger partial charge on any atom is -0.469 e. The van der Waals surface area contributed by atoms with Gasteiger partial charge < -0.3 is 9.73 Å². The van der Waals surface area contributed by atoms with E-state index in [1.807, 2.05) is 6.07 Å². The number of carbonyl (C=O) groups excluding carboxylic acids is 1. The average Bonchev–Trinajstić information content (AvgIpc) is 3.29. The minimum absolute atomic E-state index is 0.0926. The van der Waals surface area contributed by atoms with Gasteiger partial charge in [0.1, 0.15) is 5.76 Å². The Morgan fingerprint density at radius 3 is 2.68 bits per heavy atom. The fourth-order valence-corrected chi connectivity index (χ4v) is 4.51. The molecule has 1 aliphatic rings. The van der Waals surface area contributed by atoms with E-state index < -0.39 is 15.9 Å². The SMILES string of the molecule is O=C(NCCc1ccco1)c1cc(S(=O)(=O)N2CCCC2)ccc1Cl. The molecule has 134 valence electrons. The van der Waals surface area contributed by atoms with Crippen molar-refractivity contribution in [1.29, 1.82) is 0 Å². The van der Waals surface area contributed by atoms with Crippen LogP contribution in [0.25, 0.3) is 0 Å². The summed E-state index contributed by atoms with van der Waals surface area (Å²) in [5, 5.41) is 2.95. The molecule has 3 rings (SSSR count). The third-order valence-electron chi connectivity index (χ3n) is 4.12. The first-order valence-corrected chi connectivity index (χ1v) is 9.90. The van der Waals surface area contributed by atoms with Gasteiger partial charge in [-0.1, -0.05) is 11.6 Å². The molecule has 1 N–H and O–H groups in total. The Morgan fingerprint density at radius 1 is 1.24 bits per heavy atom. The normalized spacial score (nSPS) is 15.4. The van der Waals surface area contributed by atoms with E-state index in [1.165, 1.54) is 22.5 Å². The van der Waals surface area contributed by atoms with Gasteiger partial charge in [0.15, 0.2) is 0 Å². The molecule has 0 saturated carbocycles. The molecule has 0 radical (unpaired) electrons. The van der Waals surface area contributed by atoms with Gasteiger partial charge in [0.2, 0.25) is 10.0 Å². The van der Waals surface area contributed by atoms with Crippen molar-refractivity contribution in [2.45, 2.75) is 24.2 Å². The van der Waals surface area contributed by atoms with Crippen LogP contribution in [0.15, 0.2) is 45.9 Å².